The fraction of sp³-hybridized carbons (Fsp3) is 0.357. The molecule has 0 saturated carbocycles. The fourth-order valence-electron chi connectivity index (χ4n) is 4.30. The third-order valence-corrected chi connectivity index (χ3v) is 6.56. The van der Waals surface area contributed by atoms with Gasteiger partial charge in [0.15, 0.2) is 0 Å². The number of fused-ring (bicyclic) bond motifs is 1. The molecule has 3 heterocycles. The summed E-state index contributed by atoms with van der Waals surface area (Å²) in [5.74, 6) is 0.656. The smallest absolute Gasteiger partial charge is 0.225 e. The van der Waals surface area contributed by atoms with Crippen LogP contribution in [0.2, 0.25) is 5.02 Å². The molecule has 4 aromatic rings. The van der Waals surface area contributed by atoms with Crippen LogP contribution in [0.15, 0.2) is 48.9 Å². The third kappa shape index (κ3) is 5.21. The molecular weight excluding hydrogens is 474 g/mol. The zero-order chi connectivity index (χ0) is 26.0. The highest BCUT2D eigenvalue weighted by atomic mass is 35.5. The molecule has 7 nitrogen and oxygen atoms in total. The van der Waals surface area contributed by atoms with Crippen LogP contribution in [-0.2, 0) is 25.0 Å². The molecule has 0 fully saturated rings. The van der Waals surface area contributed by atoms with Crippen molar-refractivity contribution in [1.82, 2.24) is 24.6 Å². The van der Waals surface area contributed by atoms with Gasteiger partial charge in [-0.3, -0.25) is 14.5 Å². The van der Waals surface area contributed by atoms with E-state index in [1.165, 1.54) is 0 Å². The SMILES string of the molecule is Cc1cc(-c2ccnn2C)c2cccc(OCc3c(Cl)cncc3CN(C(=O)C(C)C)C(C)C)c2n1. The summed E-state index contributed by atoms with van der Waals surface area (Å²) in [7, 11) is 1.93. The number of pyridine rings is 2. The van der Waals surface area contributed by atoms with Crippen LogP contribution in [-0.4, -0.2) is 36.6 Å². The minimum Gasteiger partial charge on any atom is -0.487 e. The molecule has 0 unspecified atom stereocenters. The van der Waals surface area contributed by atoms with Crippen molar-refractivity contribution in [2.45, 2.75) is 53.8 Å². The first-order valence-electron chi connectivity index (χ1n) is 12.1. The Labute approximate surface area is 217 Å². The standard InChI is InChI=1S/C28H32ClN5O2/c1-17(2)28(35)34(18(3)4)15-20-13-30-14-24(29)23(20)16-36-26-9-7-8-21-22(12-19(5)32-27(21)26)25-10-11-31-33(25)6/h7-14,17-18H,15-16H2,1-6H3. The Morgan fingerprint density at radius 3 is 2.61 bits per heavy atom. The second-order valence-electron chi connectivity index (χ2n) is 9.57. The molecule has 0 aliphatic rings. The van der Waals surface area contributed by atoms with E-state index < -0.39 is 0 Å². The van der Waals surface area contributed by atoms with Crippen LogP contribution in [0, 0.1) is 12.8 Å². The topological polar surface area (TPSA) is 73.1 Å². The number of aryl methyl sites for hydroxylation is 2. The van der Waals surface area contributed by atoms with Crippen molar-refractivity contribution in [3.05, 3.63) is 70.8 Å². The summed E-state index contributed by atoms with van der Waals surface area (Å²) in [6.45, 7) is 10.5. The van der Waals surface area contributed by atoms with Crippen LogP contribution in [0.3, 0.4) is 0 Å². The summed E-state index contributed by atoms with van der Waals surface area (Å²) >= 11 is 6.58. The monoisotopic (exact) mass is 505 g/mol. The van der Waals surface area contributed by atoms with E-state index in [1.807, 2.05) is 75.5 Å². The molecule has 188 valence electrons. The lowest BCUT2D eigenvalue weighted by Crippen LogP contribution is -2.39. The number of carbonyl (C=O) groups excluding carboxylic acids is 1. The third-order valence-electron chi connectivity index (χ3n) is 6.23. The molecule has 8 heteroatoms. The second-order valence-corrected chi connectivity index (χ2v) is 9.97. The summed E-state index contributed by atoms with van der Waals surface area (Å²) in [4.78, 5) is 23.7. The Kier molecular flexibility index (Phi) is 7.59. The number of hydrogen-bond donors (Lipinski definition) is 0. The van der Waals surface area contributed by atoms with Gasteiger partial charge < -0.3 is 9.64 Å². The lowest BCUT2D eigenvalue weighted by atomic mass is 10.0. The maximum atomic E-state index is 12.8. The molecule has 0 spiro atoms. The Hall–Kier alpha value is -3.45. The van der Waals surface area contributed by atoms with Crippen molar-refractivity contribution in [2.24, 2.45) is 13.0 Å². The van der Waals surface area contributed by atoms with Crippen LogP contribution >= 0.6 is 11.6 Å². The quantitative estimate of drug-likeness (QED) is 0.295. The van der Waals surface area contributed by atoms with Gasteiger partial charge in [-0.1, -0.05) is 37.6 Å². The first kappa shape index (κ1) is 25.6. The van der Waals surface area contributed by atoms with E-state index in [0.717, 1.165) is 39.0 Å². The predicted molar refractivity (Wildman–Crippen MR) is 143 cm³/mol. The summed E-state index contributed by atoms with van der Waals surface area (Å²) < 4.78 is 8.18. The van der Waals surface area contributed by atoms with E-state index in [9.17, 15) is 4.79 Å². The Morgan fingerprint density at radius 2 is 1.94 bits per heavy atom. The molecule has 0 aliphatic carbocycles. The molecule has 36 heavy (non-hydrogen) atoms. The minimum absolute atomic E-state index is 0.0447. The van der Waals surface area contributed by atoms with Crippen LogP contribution < -0.4 is 4.74 Å². The highest BCUT2D eigenvalue weighted by Crippen LogP contribution is 2.34. The number of halogens is 1. The van der Waals surface area contributed by atoms with E-state index in [2.05, 4.69) is 16.1 Å². The summed E-state index contributed by atoms with van der Waals surface area (Å²) in [5.41, 5.74) is 5.39. The number of nitrogens with zero attached hydrogens (tertiary/aromatic N) is 5. The number of carbonyl (C=O) groups is 1. The van der Waals surface area contributed by atoms with Crippen LogP contribution in [0.25, 0.3) is 22.2 Å². The number of rotatable bonds is 8. The van der Waals surface area contributed by atoms with Crippen molar-refractivity contribution in [3.63, 3.8) is 0 Å². The van der Waals surface area contributed by atoms with Crippen molar-refractivity contribution < 1.29 is 9.53 Å². The number of hydrogen-bond acceptors (Lipinski definition) is 5. The van der Waals surface area contributed by atoms with E-state index in [1.54, 1.807) is 18.6 Å². The van der Waals surface area contributed by atoms with E-state index in [-0.39, 0.29) is 24.5 Å². The lowest BCUT2D eigenvalue weighted by molar-refractivity contribution is -0.136. The number of amides is 1. The fourth-order valence-corrected chi connectivity index (χ4v) is 4.53. The van der Waals surface area contributed by atoms with E-state index >= 15 is 0 Å². The van der Waals surface area contributed by atoms with Gasteiger partial charge in [-0.15, -0.1) is 0 Å². The van der Waals surface area contributed by atoms with Gasteiger partial charge in [-0.05, 0) is 44.5 Å². The zero-order valence-corrected chi connectivity index (χ0v) is 22.4. The molecule has 1 aromatic carbocycles. The largest absolute Gasteiger partial charge is 0.487 e. The number of para-hydroxylation sites is 1. The van der Waals surface area contributed by atoms with Gasteiger partial charge in [0, 0.05) is 66.3 Å². The first-order valence-corrected chi connectivity index (χ1v) is 12.5. The first-order chi connectivity index (χ1) is 17.2. The van der Waals surface area contributed by atoms with Crippen molar-refractivity contribution in [1.29, 1.82) is 0 Å². The Morgan fingerprint density at radius 1 is 1.17 bits per heavy atom. The summed E-state index contributed by atoms with van der Waals surface area (Å²) in [6.07, 6.45) is 5.16. The van der Waals surface area contributed by atoms with Gasteiger partial charge in [0.2, 0.25) is 5.91 Å². The van der Waals surface area contributed by atoms with Crippen LogP contribution in [0.1, 0.15) is 44.5 Å². The number of ether oxygens (including phenoxy) is 1. The minimum atomic E-state index is -0.0992. The zero-order valence-electron chi connectivity index (χ0n) is 21.6. The summed E-state index contributed by atoms with van der Waals surface area (Å²) in [6, 6.07) is 10.0. The molecule has 3 aromatic heterocycles. The van der Waals surface area contributed by atoms with Crippen molar-refractivity contribution >= 4 is 28.4 Å². The van der Waals surface area contributed by atoms with Crippen molar-refractivity contribution in [3.8, 4) is 17.0 Å². The van der Waals surface area contributed by atoms with Crippen LogP contribution in [0.4, 0.5) is 0 Å². The average molecular weight is 506 g/mol. The predicted octanol–water partition coefficient (Wildman–Crippen LogP) is 5.96. The van der Waals surface area contributed by atoms with Crippen LogP contribution in [0.5, 0.6) is 5.75 Å². The molecule has 1 amide bonds. The lowest BCUT2D eigenvalue weighted by Gasteiger charge is -2.29. The number of aromatic nitrogens is 4. The van der Waals surface area contributed by atoms with E-state index in [0.29, 0.717) is 17.3 Å². The normalized spacial score (nSPS) is 11.5. The maximum absolute atomic E-state index is 12.8. The second kappa shape index (κ2) is 10.7. The molecule has 4 rings (SSSR count). The average Bonchev–Trinajstić information content (AvgIpc) is 3.26. The highest BCUT2D eigenvalue weighted by Gasteiger charge is 2.22. The Bertz CT molecular complexity index is 1400. The molecule has 0 atom stereocenters. The highest BCUT2D eigenvalue weighted by molar-refractivity contribution is 6.31. The molecule has 0 bridgehead atoms. The summed E-state index contributed by atoms with van der Waals surface area (Å²) in [5, 5.41) is 5.81. The van der Waals surface area contributed by atoms with Gasteiger partial charge in [-0.25, -0.2) is 4.98 Å². The molecular formula is C28H32ClN5O2. The van der Waals surface area contributed by atoms with Gasteiger partial charge in [0.05, 0.1) is 10.7 Å². The van der Waals surface area contributed by atoms with Crippen molar-refractivity contribution in [2.75, 3.05) is 0 Å². The Balaban J connectivity index is 1.68. The van der Waals surface area contributed by atoms with E-state index in [4.69, 9.17) is 21.3 Å². The van der Waals surface area contributed by atoms with Gasteiger partial charge >= 0.3 is 0 Å². The maximum Gasteiger partial charge on any atom is 0.225 e. The van der Waals surface area contributed by atoms with Gasteiger partial charge in [0.1, 0.15) is 17.9 Å². The van der Waals surface area contributed by atoms with Gasteiger partial charge in [0.25, 0.3) is 0 Å². The molecule has 0 N–H and O–H groups in total. The molecule has 0 radical (unpaired) electrons. The molecule has 0 saturated heterocycles. The van der Waals surface area contributed by atoms with Gasteiger partial charge in [-0.2, -0.15) is 5.10 Å². The number of benzene rings is 1. The molecule has 0 aliphatic heterocycles.